The Morgan fingerprint density at radius 3 is 2.44 bits per heavy atom. The number of carboxylic acid groups (broad SMARTS) is 1. The summed E-state index contributed by atoms with van der Waals surface area (Å²) in [6.45, 7) is 1.65. The molecular weight excluding hydrogens is 252 g/mol. The molecule has 0 amide bonds. The summed E-state index contributed by atoms with van der Waals surface area (Å²) < 4.78 is 4.59. The van der Waals surface area contributed by atoms with Crippen molar-refractivity contribution >= 4 is 23.7 Å². The number of ether oxygens (including phenoxy) is 1. The molecule has 0 aliphatic rings. The van der Waals surface area contributed by atoms with Crippen molar-refractivity contribution in [2.24, 2.45) is 0 Å². The van der Waals surface area contributed by atoms with E-state index in [1.54, 1.807) is 6.92 Å². The zero-order valence-electron chi connectivity index (χ0n) is 10.3. The van der Waals surface area contributed by atoms with Gasteiger partial charge in [0.2, 0.25) is 0 Å². The summed E-state index contributed by atoms with van der Waals surface area (Å²) in [6, 6.07) is 9.35. The van der Waals surface area contributed by atoms with Gasteiger partial charge < -0.3 is 9.84 Å². The summed E-state index contributed by atoms with van der Waals surface area (Å²) in [7, 11) is 1.30. The van der Waals surface area contributed by atoms with Crippen LogP contribution in [0.15, 0.2) is 30.3 Å². The van der Waals surface area contributed by atoms with E-state index in [9.17, 15) is 9.59 Å². The van der Waals surface area contributed by atoms with E-state index < -0.39 is 22.4 Å². The number of hydrogen-bond donors (Lipinski definition) is 1. The van der Waals surface area contributed by atoms with Crippen molar-refractivity contribution < 1.29 is 19.4 Å². The predicted molar refractivity (Wildman–Crippen MR) is 70.6 cm³/mol. The average molecular weight is 268 g/mol. The number of carboxylic acids is 1. The zero-order chi connectivity index (χ0) is 13.5. The lowest BCUT2D eigenvalue weighted by Crippen LogP contribution is -2.25. The molecule has 1 aromatic rings. The van der Waals surface area contributed by atoms with E-state index in [0.717, 1.165) is 17.3 Å². The van der Waals surface area contributed by atoms with Gasteiger partial charge in [-0.2, -0.15) is 0 Å². The maximum absolute atomic E-state index is 11.3. The van der Waals surface area contributed by atoms with Gasteiger partial charge in [0.05, 0.1) is 7.11 Å². The number of thioether (sulfide) groups is 1. The van der Waals surface area contributed by atoms with Crippen LogP contribution in [0.1, 0.15) is 12.5 Å². The highest BCUT2D eigenvalue weighted by Crippen LogP contribution is 2.22. The lowest BCUT2D eigenvalue weighted by Gasteiger charge is -2.15. The number of hydrogen-bond acceptors (Lipinski definition) is 4. The Morgan fingerprint density at radius 1 is 1.33 bits per heavy atom. The van der Waals surface area contributed by atoms with Crippen LogP contribution in [0.25, 0.3) is 0 Å². The molecule has 0 bridgehead atoms. The Kier molecular flexibility index (Phi) is 5.71. The number of carbonyl (C=O) groups excluding carboxylic acids is 1. The van der Waals surface area contributed by atoms with Gasteiger partial charge in [0.25, 0.3) is 0 Å². The van der Waals surface area contributed by atoms with Crippen molar-refractivity contribution in [2.75, 3.05) is 7.11 Å². The molecule has 1 N–H and O–H groups in total. The molecule has 0 aromatic heterocycles. The Hall–Kier alpha value is -1.49. The SMILES string of the molecule is COC(=O)C(C)SC(Cc1ccccc1)C(=O)O. The second-order valence-corrected chi connectivity index (χ2v) is 5.37. The molecule has 0 aliphatic heterocycles. The average Bonchev–Trinajstić information content (AvgIpc) is 2.37. The largest absolute Gasteiger partial charge is 0.480 e. The van der Waals surface area contributed by atoms with Gasteiger partial charge in [0, 0.05) is 0 Å². The normalized spacial score (nSPS) is 13.7. The molecule has 0 saturated carbocycles. The number of methoxy groups -OCH3 is 1. The fourth-order valence-corrected chi connectivity index (χ4v) is 2.59. The predicted octanol–water partition coefficient (Wildman–Crippen LogP) is 1.98. The molecule has 5 heteroatoms. The molecule has 0 fully saturated rings. The molecule has 0 radical (unpaired) electrons. The summed E-state index contributed by atoms with van der Waals surface area (Å²) in [5, 5.41) is 8.03. The molecule has 98 valence electrons. The van der Waals surface area contributed by atoms with Crippen molar-refractivity contribution in [1.82, 2.24) is 0 Å². The molecule has 0 aliphatic carbocycles. The van der Waals surface area contributed by atoms with Crippen molar-refractivity contribution in [3.63, 3.8) is 0 Å². The third-order valence-electron chi connectivity index (χ3n) is 2.44. The van der Waals surface area contributed by atoms with Gasteiger partial charge in [0.1, 0.15) is 10.5 Å². The highest BCUT2D eigenvalue weighted by Gasteiger charge is 2.25. The fourth-order valence-electron chi connectivity index (χ4n) is 1.49. The van der Waals surface area contributed by atoms with Crippen LogP contribution < -0.4 is 0 Å². The van der Waals surface area contributed by atoms with E-state index in [2.05, 4.69) is 4.74 Å². The second kappa shape index (κ2) is 7.06. The Balaban J connectivity index is 2.67. The molecule has 18 heavy (non-hydrogen) atoms. The maximum Gasteiger partial charge on any atom is 0.318 e. The summed E-state index contributed by atoms with van der Waals surface area (Å²) in [4.78, 5) is 22.5. The standard InChI is InChI=1S/C13H16O4S/c1-9(13(16)17-2)18-11(12(14)15)8-10-6-4-3-5-7-10/h3-7,9,11H,8H2,1-2H3,(H,14,15). The first-order valence-electron chi connectivity index (χ1n) is 5.54. The summed E-state index contributed by atoms with van der Waals surface area (Å²) >= 11 is 1.11. The minimum Gasteiger partial charge on any atom is -0.480 e. The third-order valence-corrected chi connectivity index (χ3v) is 3.74. The van der Waals surface area contributed by atoms with E-state index in [1.165, 1.54) is 7.11 Å². The quantitative estimate of drug-likeness (QED) is 0.799. The number of rotatable bonds is 6. The van der Waals surface area contributed by atoms with Crippen LogP contribution >= 0.6 is 11.8 Å². The number of aliphatic carboxylic acids is 1. The molecule has 0 spiro atoms. The van der Waals surface area contributed by atoms with Gasteiger partial charge in [-0.3, -0.25) is 9.59 Å². The molecule has 2 unspecified atom stereocenters. The van der Waals surface area contributed by atoms with Gasteiger partial charge >= 0.3 is 11.9 Å². The van der Waals surface area contributed by atoms with Gasteiger partial charge in [-0.15, -0.1) is 11.8 Å². The number of esters is 1. The molecule has 0 saturated heterocycles. The zero-order valence-corrected chi connectivity index (χ0v) is 11.1. The first-order valence-corrected chi connectivity index (χ1v) is 6.49. The molecule has 1 rings (SSSR count). The summed E-state index contributed by atoms with van der Waals surface area (Å²) in [5.74, 6) is -1.32. The van der Waals surface area contributed by atoms with Crippen molar-refractivity contribution in [3.05, 3.63) is 35.9 Å². The van der Waals surface area contributed by atoms with Crippen molar-refractivity contribution in [2.45, 2.75) is 23.8 Å². The van der Waals surface area contributed by atoms with Gasteiger partial charge in [0.15, 0.2) is 0 Å². The third kappa shape index (κ3) is 4.41. The summed E-state index contributed by atoms with van der Waals surface area (Å²) in [6.07, 6.45) is 0.391. The van der Waals surface area contributed by atoms with Crippen molar-refractivity contribution in [3.8, 4) is 0 Å². The van der Waals surface area contributed by atoms with Crippen LogP contribution in [-0.4, -0.2) is 34.7 Å². The smallest absolute Gasteiger partial charge is 0.318 e. The van der Waals surface area contributed by atoms with Crippen molar-refractivity contribution in [1.29, 1.82) is 0 Å². The summed E-state index contributed by atoms with van der Waals surface area (Å²) in [5.41, 5.74) is 0.939. The van der Waals surface area contributed by atoms with E-state index in [0.29, 0.717) is 6.42 Å². The van der Waals surface area contributed by atoms with Crippen LogP contribution in [-0.2, 0) is 20.7 Å². The second-order valence-electron chi connectivity index (χ2n) is 3.82. The van der Waals surface area contributed by atoms with E-state index >= 15 is 0 Å². The van der Waals surface area contributed by atoms with E-state index in [1.807, 2.05) is 30.3 Å². The minimum absolute atomic E-state index is 0.391. The molecule has 1 aromatic carbocycles. The maximum atomic E-state index is 11.3. The number of benzene rings is 1. The molecule has 2 atom stereocenters. The fraction of sp³-hybridized carbons (Fsp3) is 0.385. The Morgan fingerprint density at radius 2 is 1.94 bits per heavy atom. The van der Waals surface area contributed by atoms with E-state index in [-0.39, 0.29) is 0 Å². The van der Waals surface area contributed by atoms with Crippen LogP contribution in [0, 0.1) is 0 Å². The first-order chi connectivity index (χ1) is 8.54. The first kappa shape index (κ1) is 14.6. The molecule has 0 heterocycles. The Bertz CT molecular complexity index is 405. The molecular formula is C13H16O4S. The van der Waals surface area contributed by atoms with Crippen LogP contribution in [0.5, 0.6) is 0 Å². The molecule has 4 nitrogen and oxygen atoms in total. The van der Waals surface area contributed by atoms with Crippen LogP contribution in [0.4, 0.5) is 0 Å². The lowest BCUT2D eigenvalue weighted by atomic mass is 10.1. The van der Waals surface area contributed by atoms with E-state index in [4.69, 9.17) is 5.11 Å². The van der Waals surface area contributed by atoms with Crippen LogP contribution in [0.3, 0.4) is 0 Å². The van der Waals surface area contributed by atoms with Gasteiger partial charge in [-0.25, -0.2) is 0 Å². The van der Waals surface area contributed by atoms with Gasteiger partial charge in [-0.1, -0.05) is 30.3 Å². The minimum atomic E-state index is -0.917. The Labute approximate surface area is 110 Å². The number of carbonyl (C=O) groups is 2. The van der Waals surface area contributed by atoms with Crippen LogP contribution in [0.2, 0.25) is 0 Å². The highest BCUT2D eigenvalue weighted by atomic mass is 32.2. The highest BCUT2D eigenvalue weighted by molar-refractivity contribution is 8.01. The topological polar surface area (TPSA) is 63.6 Å². The van der Waals surface area contributed by atoms with Gasteiger partial charge in [-0.05, 0) is 18.9 Å². The lowest BCUT2D eigenvalue weighted by molar-refractivity contribution is -0.139. The monoisotopic (exact) mass is 268 g/mol.